The van der Waals surface area contributed by atoms with Crippen molar-refractivity contribution in [1.29, 1.82) is 5.26 Å². The van der Waals surface area contributed by atoms with E-state index in [1.165, 1.54) is 0 Å². The van der Waals surface area contributed by atoms with Crippen LogP contribution in [0, 0.1) is 11.3 Å². The van der Waals surface area contributed by atoms with Crippen LogP contribution in [-0.4, -0.2) is 4.98 Å². The standard InChI is InChI=1S/C6H3Cl3N4/c7-3-2(1-10)5(9)12-6(13-11)4(3)8/h11H2,(H,12,13). The Morgan fingerprint density at radius 1 is 1.31 bits per heavy atom. The summed E-state index contributed by atoms with van der Waals surface area (Å²) in [6, 6.07) is 1.78. The molecule has 13 heavy (non-hydrogen) atoms. The normalized spacial score (nSPS) is 9.46. The third-order valence-corrected chi connectivity index (χ3v) is 2.40. The zero-order chi connectivity index (χ0) is 10.0. The maximum Gasteiger partial charge on any atom is 0.162 e. The number of hydrogen-bond acceptors (Lipinski definition) is 4. The Kier molecular flexibility index (Phi) is 3.17. The van der Waals surface area contributed by atoms with Crippen LogP contribution >= 0.6 is 34.8 Å². The van der Waals surface area contributed by atoms with Crippen LogP contribution in [0.1, 0.15) is 5.56 Å². The minimum absolute atomic E-state index is 0.0346. The highest BCUT2D eigenvalue weighted by Crippen LogP contribution is 2.34. The molecular formula is C6H3Cl3N4. The number of anilines is 1. The Hall–Kier alpha value is -0.730. The summed E-state index contributed by atoms with van der Waals surface area (Å²) in [6.45, 7) is 0. The molecule has 0 fully saturated rings. The van der Waals surface area contributed by atoms with Crippen molar-refractivity contribution < 1.29 is 0 Å². The van der Waals surface area contributed by atoms with Crippen LogP contribution < -0.4 is 11.3 Å². The van der Waals surface area contributed by atoms with Crippen LogP contribution in [0.15, 0.2) is 0 Å². The second-order valence-corrected chi connectivity index (χ2v) is 3.12. The number of hydrazine groups is 1. The molecule has 0 radical (unpaired) electrons. The van der Waals surface area contributed by atoms with Gasteiger partial charge in [-0.15, -0.1) is 0 Å². The molecule has 0 aliphatic rings. The Bertz CT molecular complexity index is 384. The molecule has 0 unspecified atom stereocenters. The average molecular weight is 237 g/mol. The summed E-state index contributed by atoms with van der Waals surface area (Å²) >= 11 is 17.0. The highest BCUT2D eigenvalue weighted by molar-refractivity contribution is 6.45. The summed E-state index contributed by atoms with van der Waals surface area (Å²) in [4.78, 5) is 3.71. The molecule has 0 bridgehead atoms. The fraction of sp³-hybridized carbons (Fsp3) is 0. The Labute approximate surface area is 89.2 Å². The van der Waals surface area contributed by atoms with E-state index >= 15 is 0 Å². The number of nitrogen functional groups attached to an aromatic ring is 1. The fourth-order valence-corrected chi connectivity index (χ4v) is 1.38. The number of nitriles is 1. The number of hydrogen-bond donors (Lipinski definition) is 2. The lowest BCUT2D eigenvalue weighted by molar-refractivity contribution is 1.22. The van der Waals surface area contributed by atoms with Crippen molar-refractivity contribution in [2.75, 3.05) is 5.43 Å². The molecule has 0 atom stereocenters. The van der Waals surface area contributed by atoms with Gasteiger partial charge in [-0.2, -0.15) is 5.26 Å². The van der Waals surface area contributed by atoms with Crippen LogP contribution in [-0.2, 0) is 0 Å². The Morgan fingerprint density at radius 3 is 2.38 bits per heavy atom. The van der Waals surface area contributed by atoms with Gasteiger partial charge in [-0.05, 0) is 0 Å². The first-order valence-corrected chi connectivity index (χ1v) is 4.16. The maximum absolute atomic E-state index is 8.62. The molecule has 1 rings (SSSR count). The molecular weight excluding hydrogens is 234 g/mol. The number of nitrogens with zero attached hydrogens (tertiary/aromatic N) is 2. The molecule has 0 amide bonds. The van der Waals surface area contributed by atoms with Gasteiger partial charge in [0.05, 0.1) is 5.02 Å². The van der Waals surface area contributed by atoms with Crippen molar-refractivity contribution in [2.24, 2.45) is 5.84 Å². The van der Waals surface area contributed by atoms with E-state index < -0.39 is 0 Å². The highest BCUT2D eigenvalue weighted by Gasteiger charge is 2.15. The van der Waals surface area contributed by atoms with Gasteiger partial charge in [-0.3, -0.25) is 0 Å². The molecule has 0 saturated carbocycles. The third kappa shape index (κ3) is 1.79. The lowest BCUT2D eigenvalue weighted by atomic mass is 10.3. The van der Waals surface area contributed by atoms with Gasteiger partial charge in [-0.25, -0.2) is 10.8 Å². The lowest BCUT2D eigenvalue weighted by Crippen LogP contribution is -2.09. The summed E-state index contributed by atoms with van der Waals surface area (Å²) in [5.74, 6) is 5.22. The molecule has 0 aromatic carbocycles. The zero-order valence-corrected chi connectivity index (χ0v) is 8.37. The summed E-state index contributed by atoms with van der Waals surface area (Å²) in [7, 11) is 0. The van der Waals surface area contributed by atoms with Gasteiger partial charge in [0, 0.05) is 0 Å². The van der Waals surface area contributed by atoms with Crippen molar-refractivity contribution in [2.45, 2.75) is 0 Å². The largest absolute Gasteiger partial charge is 0.307 e. The van der Waals surface area contributed by atoms with E-state index in [4.69, 9.17) is 45.9 Å². The quantitative estimate of drug-likeness (QED) is 0.446. The summed E-state index contributed by atoms with van der Waals surface area (Å²) in [5, 5.41) is 8.69. The first-order valence-electron chi connectivity index (χ1n) is 3.03. The van der Waals surface area contributed by atoms with E-state index in [-0.39, 0.29) is 26.6 Å². The van der Waals surface area contributed by atoms with Gasteiger partial charge >= 0.3 is 0 Å². The van der Waals surface area contributed by atoms with Crippen molar-refractivity contribution >= 4 is 40.6 Å². The molecule has 1 aromatic heterocycles. The number of rotatable bonds is 1. The fourth-order valence-electron chi connectivity index (χ4n) is 0.698. The number of nitrogens with two attached hydrogens (primary N) is 1. The average Bonchev–Trinajstić information content (AvgIpc) is 2.12. The number of halogens is 3. The van der Waals surface area contributed by atoms with E-state index in [0.29, 0.717) is 0 Å². The predicted octanol–water partition coefficient (Wildman–Crippen LogP) is 2.20. The molecule has 0 spiro atoms. The number of nitrogens with one attached hydrogen (secondary N) is 1. The molecule has 0 aliphatic carbocycles. The van der Waals surface area contributed by atoms with Crippen molar-refractivity contribution in [3.63, 3.8) is 0 Å². The summed E-state index contributed by atoms with van der Waals surface area (Å²) in [5.41, 5.74) is 2.24. The lowest BCUT2D eigenvalue weighted by Gasteiger charge is -2.05. The van der Waals surface area contributed by atoms with E-state index in [0.717, 1.165) is 0 Å². The van der Waals surface area contributed by atoms with Gasteiger partial charge in [0.2, 0.25) is 0 Å². The van der Waals surface area contributed by atoms with Crippen LogP contribution in [0.2, 0.25) is 15.2 Å². The van der Waals surface area contributed by atoms with Crippen LogP contribution in [0.25, 0.3) is 0 Å². The topological polar surface area (TPSA) is 74.7 Å². The van der Waals surface area contributed by atoms with Crippen LogP contribution in [0.3, 0.4) is 0 Å². The van der Waals surface area contributed by atoms with Crippen LogP contribution in [0.5, 0.6) is 0 Å². The minimum atomic E-state index is -0.0372. The van der Waals surface area contributed by atoms with Crippen LogP contribution in [0.4, 0.5) is 5.82 Å². The molecule has 0 aliphatic heterocycles. The number of aromatic nitrogens is 1. The molecule has 0 saturated heterocycles. The highest BCUT2D eigenvalue weighted by atomic mass is 35.5. The summed E-state index contributed by atoms with van der Waals surface area (Å²) < 4.78 is 0. The Morgan fingerprint density at radius 2 is 1.92 bits per heavy atom. The number of pyridine rings is 1. The molecule has 4 nitrogen and oxygen atoms in total. The van der Waals surface area contributed by atoms with Gasteiger partial charge in [0.1, 0.15) is 16.7 Å². The molecule has 1 aromatic rings. The predicted molar refractivity (Wildman–Crippen MR) is 51.8 cm³/mol. The van der Waals surface area contributed by atoms with E-state index in [1.54, 1.807) is 6.07 Å². The monoisotopic (exact) mass is 236 g/mol. The van der Waals surface area contributed by atoms with Crippen molar-refractivity contribution in [3.8, 4) is 6.07 Å². The van der Waals surface area contributed by atoms with Gasteiger partial charge in [0.25, 0.3) is 0 Å². The van der Waals surface area contributed by atoms with Crippen molar-refractivity contribution in [3.05, 3.63) is 20.8 Å². The minimum Gasteiger partial charge on any atom is -0.307 e. The van der Waals surface area contributed by atoms with Crippen molar-refractivity contribution in [1.82, 2.24) is 4.98 Å². The third-order valence-electron chi connectivity index (χ3n) is 1.28. The molecule has 68 valence electrons. The van der Waals surface area contributed by atoms with E-state index in [9.17, 15) is 0 Å². The first kappa shape index (κ1) is 10.4. The second-order valence-electron chi connectivity index (χ2n) is 2.01. The second kappa shape index (κ2) is 3.99. The first-order chi connectivity index (χ1) is 6.11. The molecule has 7 heteroatoms. The molecule has 3 N–H and O–H groups in total. The van der Waals surface area contributed by atoms with Gasteiger partial charge < -0.3 is 5.43 Å². The maximum atomic E-state index is 8.62. The summed E-state index contributed by atoms with van der Waals surface area (Å²) in [6.07, 6.45) is 0. The van der Waals surface area contributed by atoms with E-state index in [1.807, 2.05) is 0 Å². The SMILES string of the molecule is N#Cc1c(Cl)nc(NN)c(Cl)c1Cl. The Balaban J connectivity index is 3.48. The van der Waals surface area contributed by atoms with Gasteiger partial charge in [-0.1, -0.05) is 34.8 Å². The van der Waals surface area contributed by atoms with Gasteiger partial charge in [0.15, 0.2) is 11.0 Å². The molecule has 1 heterocycles. The zero-order valence-electron chi connectivity index (χ0n) is 6.11. The smallest absolute Gasteiger partial charge is 0.162 e. The van der Waals surface area contributed by atoms with E-state index in [2.05, 4.69) is 10.4 Å².